The number of allylic oxidation sites excluding steroid dienone is 2. The van der Waals surface area contributed by atoms with Gasteiger partial charge in [0.25, 0.3) is 0 Å². The zero-order valence-corrected chi connectivity index (χ0v) is 16.5. The van der Waals surface area contributed by atoms with Crippen molar-refractivity contribution in [2.24, 2.45) is 7.05 Å². The second kappa shape index (κ2) is 7.15. The van der Waals surface area contributed by atoms with E-state index >= 15 is 0 Å². The molecule has 1 aliphatic rings. The molecule has 0 atom stereocenters. The van der Waals surface area contributed by atoms with E-state index in [0.717, 1.165) is 24.2 Å². The first-order valence-electron chi connectivity index (χ1n) is 9.63. The molecule has 4 rings (SSSR count). The normalized spacial score (nSPS) is 14.6. The number of carbonyl (C=O) groups is 1. The first-order chi connectivity index (χ1) is 13.5. The van der Waals surface area contributed by atoms with Gasteiger partial charge in [-0.25, -0.2) is 9.78 Å². The zero-order chi connectivity index (χ0) is 19.8. The number of phenols is 1. The zero-order valence-electron chi connectivity index (χ0n) is 16.5. The molecule has 0 saturated carbocycles. The molecule has 28 heavy (non-hydrogen) atoms. The molecule has 0 radical (unpaired) electrons. The number of nitrogens with zero attached hydrogens (tertiary/aromatic N) is 2. The van der Waals surface area contributed by atoms with Crippen LogP contribution >= 0.6 is 0 Å². The highest BCUT2D eigenvalue weighted by molar-refractivity contribution is 5.98. The Balaban J connectivity index is 1.81. The third kappa shape index (κ3) is 2.97. The number of aromatic hydroxyl groups is 1. The van der Waals surface area contributed by atoms with Gasteiger partial charge in [0.2, 0.25) is 0 Å². The number of fused-ring (bicyclic) bond motifs is 2. The van der Waals surface area contributed by atoms with E-state index in [1.165, 1.54) is 16.7 Å². The van der Waals surface area contributed by atoms with Gasteiger partial charge in [0.1, 0.15) is 17.1 Å². The van der Waals surface area contributed by atoms with Crippen molar-refractivity contribution in [3.63, 3.8) is 0 Å². The Hall–Kier alpha value is -3.08. The first-order valence-corrected chi connectivity index (χ1v) is 9.63. The quantitative estimate of drug-likeness (QED) is 0.688. The second-order valence-corrected chi connectivity index (χ2v) is 7.15. The van der Waals surface area contributed by atoms with Crippen molar-refractivity contribution in [1.82, 2.24) is 9.55 Å². The Bertz CT molecular complexity index is 1110. The monoisotopic (exact) mass is 376 g/mol. The summed E-state index contributed by atoms with van der Waals surface area (Å²) in [5.74, 6) is 0.423. The van der Waals surface area contributed by atoms with Crippen molar-refractivity contribution in [2.75, 3.05) is 6.61 Å². The van der Waals surface area contributed by atoms with Gasteiger partial charge in [-0.05, 0) is 55.9 Å². The first kappa shape index (κ1) is 18.3. The Kier molecular flexibility index (Phi) is 4.67. The average molecular weight is 376 g/mol. The maximum atomic E-state index is 12.6. The fraction of sp³-hybridized carbons (Fsp3) is 0.304. The number of esters is 1. The van der Waals surface area contributed by atoms with Gasteiger partial charge in [-0.3, -0.25) is 0 Å². The molecular weight excluding hydrogens is 352 g/mol. The second-order valence-electron chi connectivity index (χ2n) is 7.15. The van der Waals surface area contributed by atoms with Crippen molar-refractivity contribution >= 4 is 22.6 Å². The van der Waals surface area contributed by atoms with E-state index in [0.29, 0.717) is 23.1 Å². The molecule has 1 aromatic heterocycles. The predicted molar refractivity (Wildman–Crippen MR) is 110 cm³/mol. The highest BCUT2D eigenvalue weighted by Crippen LogP contribution is 2.36. The molecule has 1 heterocycles. The summed E-state index contributed by atoms with van der Waals surface area (Å²) in [5.41, 5.74) is 6.07. The number of carbonyl (C=O) groups excluding carboxylic acids is 1. The number of benzene rings is 2. The Morgan fingerprint density at radius 3 is 2.89 bits per heavy atom. The van der Waals surface area contributed by atoms with Gasteiger partial charge in [-0.15, -0.1) is 0 Å². The number of phenolic OH excluding ortho intramolecular Hbond substituents is 1. The fourth-order valence-corrected chi connectivity index (χ4v) is 3.95. The van der Waals surface area contributed by atoms with E-state index in [1.807, 2.05) is 24.6 Å². The Morgan fingerprint density at radius 1 is 1.32 bits per heavy atom. The van der Waals surface area contributed by atoms with Crippen LogP contribution in [0.1, 0.15) is 46.2 Å². The van der Waals surface area contributed by atoms with Crippen molar-refractivity contribution in [2.45, 2.75) is 33.1 Å². The molecule has 144 valence electrons. The maximum Gasteiger partial charge on any atom is 0.338 e. The van der Waals surface area contributed by atoms with Crippen LogP contribution in [-0.2, 0) is 24.6 Å². The lowest BCUT2D eigenvalue weighted by atomic mass is 9.98. The van der Waals surface area contributed by atoms with Gasteiger partial charge >= 0.3 is 5.97 Å². The molecule has 5 heteroatoms. The minimum atomic E-state index is -0.418. The van der Waals surface area contributed by atoms with Crippen LogP contribution in [0.4, 0.5) is 0 Å². The summed E-state index contributed by atoms with van der Waals surface area (Å²) in [4.78, 5) is 17.1. The van der Waals surface area contributed by atoms with E-state index in [9.17, 15) is 9.90 Å². The lowest BCUT2D eigenvalue weighted by molar-refractivity contribution is 0.0525. The van der Waals surface area contributed by atoms with Gasteiger partial charge < -0.3 is 14.4 Å². The SMILES string of the molecule is CCOC(=O)c1cc2c(nc(C)n2C)c(O)c1CC=C1CCc2ccccc21. The lowest BCUT2D eigenvalue weighted by Gasteiger charge is -2.11. The number of ether oxygens (including phenoxy) is 1. The molecule has 0 bridgehead atoms. The minimum absolute atomic E-state index is 0.0624. The van der Waals surface area contributed by atoms with Gasteiger partial charge in [0.15, 0.2) is 0 Å². The summed E-state index contributed by atoms with van der Waals surface area (Å²) < 4.78 is 7.12. The van der Waals surface area contributed by atoms with Crippen molar-refractivity contribution in [3.05, 3.63) is 64.5 Å². The molecule has 0 spiro atoms. The third-order valence-electron chi connectivity index (χ3n) is 5.55. The molecule has 0 aliphatic heterocycles. The Labute approximate surface area is 164 Å². The summed E-state index contributed by atoms with van der Waals surface area (Å²) in [5, 5.41) is 10.9. The maximum absolute atomic E-state index is 12.6. The van der Waals surface area contributed by atoms with Gasteiger partial charge in [-0.2, -0.15) is 0 Å². The molecule has 0 fully saturated rings. The van der Waals surface area contributed by atoms with Crippen LogP contribution < -0.4 is 0 Å². The van der Waals surface area contributed by atoms with Crippen molar-refractivity contribution in [3.8, 4) is 5.75 Å². The fourth-order valence-electron chi connectivity index (χ4n) is 3.95. The van der Waals surface area contributed by atoms with Gasteiger partial charge in [0, 0.05) is 12.6 Å². The highest BCUT2D eigenvalue weighted by Gasteiger charge is 2.22. The summed E-state index contributed by atoms with van der Waals surface area (Å²) in [7, 11) is 1.87. The molecule has 2 aromatic carbocycles. The van der Waals surface area contributed by atoms with Gasteiger partial charge in [0.05, 0.1) is 17.7 Å². The number of hydrogen-bond acceptors (Lipinski definition) is 4. The summed E-state index contributed by atoms with van der Waals surface area (Å²) in [6.07, 6.45) is 4.57. The van der Waals surface area contributed by atoms with E-state index in [-0.39, 0.29) is 12.4 Å². The molecule has 5 nitrogen and oxygen atoms in total. The minimum Gasteiger partial charge on any atom is -0.505 e. The average Bonchev–Trinajstić information content (AvgIpc) is 3.23. The molecule has 0 amide bonds. The number of imidazole rings is 1. The van der Waals surface area contributed by atoms with Gasteiger partial charge in [-0.1, -0.05) is 30.3 Å². The van der Waals surface area contributed by atoms with Crippen LogP contribution in [0.15, 0.2) is 36.4 Å². The third-order valence-corrected chi connectivity index (χ3v) is 5.55. The lowest BCUT2D eigenvalue weighted by Crippen LogP contribution is -2.09. The molecule has 1 aliphatic carbocycles. The van der Waals surface area contributed by atoms with Crippen LogP contribution in [0, 0.1) is 6.92 Å². The smallest absolute Gasteiger partial charge is 0.338 e. The topological polar surface area (TPSA) is 64.3 Å². The van der Waals surface area contributed by atoms with E-state index in [1.54, 1.807) is 13.0 Å². The molecule has 3 aromatic rings. The standard InChI is InChI=1S/C23H24N2O3/c1-4-28-23(27)19-13-20-21(24-14(2)25(20)3)22(26)18(19)12-11-16-10-9-15-7-5-6-8-17(15)16/h5-8,11,13,26H,4,9-10,12H2,1-3H3. The molecule has 1 N–H and O–H groups in total. The largest absolute Gasteiger partial charge is 0.505 e. The summed E-state index contributed by atoms with van der Waals surface area (Å²) >= 11 is 0. The molecular formula is C23H24N2O3. The van der Waals surface area contributed by atoms with E-state index in [4.69, 9.17) is 4.74 Å². The number of aromatic nitrogens is 2. The molecule has 0 saturated heterocycles. The predicted octanol–water partition coefficient (Wildman–Crippen LogP) is 4.34. The number of rotatable bonds is 4. The van der Waals surface area contributed by atoms with E-state index < -0.39 is 5.97 Å². The summed E-state index contributed by atoms with van der Waals surface area (Å²) in [6, 6.07) is 10.2. The summed E-state index contributed by atoms with van der Waals surface area (Å²) in [6.45, 7) is 3.94. The Morgan fingerprint density at radius 2 is 2.11 bits per heavy atom. The van der Waals surface area contributed by atoms with Crippen LogP contribution in [0.25, 0.3) is 16.6 Å². The van der Waals surface area contributed by atoms with Crippen LogP contribution in [-0.4, -0.2) is 27.2 Å². The van der Waals surface area contributed by atoms with Crippen LogP contribution in [0.3, 0.4) is 0 Å². The molecule has 0 unspecified atom stereocenters. The van der Waals surface area contributed by atoms with Crippen molar-refractivity contribution in [1.29, 1.82) is 0 Å². The highest BCUT2D eigenvalue weighted by atomic mass is 16.5. The number of aryl methyl sites for hydroxylation is 3. The van der Waals surface area contributed by atoms with Crippen molar-refractivity contribution < 1.29 is 14.6 Å². The van der Waals surface area contributed by atoms with E-state index in [2.05, 4.69) is 29.3 Å². The van der Waals surface area contributed by atoms with Crippen LogP contribution in [0.2, 0.25) is 0 Å². The number of hydrogen-bond donors (Lipinski definition) is 1. The van der Waals surface area contributed by atoms with Crippen LogP contribution in [0.5, 0.6) is 5.75 Å².